The molecule has 2 aromatic rings. The van der Waals surface area contributed by atoms with E-state index in [0.717, 1.165) is 31.1 Å². The SMILES string of the molecule is COc1ccc(CNCc2ccn(C)n2)cc1CN1CCCC1. The van der Waals surface area contributed by atoms with Crippen molar-refractivity contribution in [3.8, 4) is 5.75 Å². The van der Waals surface area contributed by atoms with Crippen LogP contribution in [0.4, 0.5) is 0 Å². The standard InChI is InChI=1S/C18H26N4O/c1-21-10-7-17(20-21)13-19-12-15-5-6-18(23-2)16(11-15)14-22-8-3-4-9-22/h5-7,10-11,19H,3-4,8-9,12-14H2,1-2H3. The van der Waals surface area contributed by atoms with Gasteiger partial charge in [0.25, 0.3) is 0 Å². The first kappa shape index (κ1) is 16.0. The van der Waals surface area contributed by atoms with Crippen LogP contribution in [0.25, 0.3) is 0 Å². The van der Waals surface area contributed by atoms with Crippen LogP contribution >= 0.6 is 0 Å². The van der Waals surface area contributed by atoms with E-state index in [1.54, 1.807) is 7.11 Å². The van der Waals surface area contributed by atoms with Gasteiger partial charge in [0.05, 0.1) is 12.8 Å². The maximum atomic E-state index is 5.53. The number of hydrogen-bond donors (Lipinski definition) is 1. The summed E-state index contributed by atoms with van der Waals surface area (Å²) in [5.74, 6) is 0.991. The van der Waals surface area contributed by atoms with Crippen molar-refractivity contribution in [2.45, 2.75) is 32.5 Å². The monoisotopic (exact) mass is 314 g/mol. The van der Waals surface area contributed by atoms with Crippen molar-refractivity contribution in [2.24, 2.45) is 7.05 Å². The second-order valence-electron chi connectivity index (χ2n) is 6.21. The van der Waals surface area contributed by atoms with Crippen molar-refractivity contribution in [2.75, 3.05) is 20.2 Å². The molecule has 0 radical (unpaired) electrons. The first-order chi connectivity index (χ1) is 11.2. The van der Waals surface area contributed by atoms with E-state index in [9.17, 15) is 0 Å². The average molecular weight is 314 g/mol. The maximum absolute atomic E-state index is 5.53. The lowest BCUT2D eigenvalue weighted by molar-refractivity contribution is 0.320. The molecule has 0 saturated carbocycles. The molecule has 1 aliphatic rings. The number of methoxy groups -OCH3 is 1. The third-order valence-corrected chi connectivity index (χ3v) is 4.34. The highest BCUT2D eigenvalue weighted by atomic mass is 16.5. The Labute approximate surface area is 138 Å². The van der Waals surface area contributed by atoms with Gasteiger partial charge in [-0.3, -0.25) is 9.58 Å². The predicted molar refractivity (Wildman–Crippen MR) is 91.3 cm³/mol. The fraction of sp³-hybridized carbons (Fsp3) is 0.500. The second-order valence-corrected chi connectivity index (χ2v) is 6.21. The molecule has 23 heavy (non-hydrogen) atoms. The summed E-state index contributed by atoms with van der Waals surface area (Å²) in [6, 6.07) is 8.53. The van der Waals surface area contributed by atoms with Gasteiger partial charge in [-0.1, -0.05) is 6.07 Å². The summed E-state index contributed by atoms with van der Waals surface area (Å²) in [7, 11) is 3.69. The first-order valence-electron chi connectivity index (χ1n) is 8.32. The van der Waals surface area contributed by atoms with Crippen LogP contribution in [0.15, 0.2) is 30.5 Å². The summed E-state index contributed by atoms with van der Waals surface area (Å²) in [5.41, 5.74) is 3.64. The maximum Gasteiger partial charge on any atom is 0.123 e. The number of rotatable bonds is 7. The van der Waals surface area contributed by atoms with E-state index in [-0.39, 0.29) is 0 Å². The minimum Gasteiger partial charge on any atom is -0.496 e. The lowest BCUT2D eigenvalue weighted by Crippen LogP contribution is -2.19. The fourth-order valence-electron chi connectivity index (χ4n) is 3.14. The number of aromatic nitrogens is 2. The molecule has 1 aromatic heterocycles. The average Bonchev–Trinajstić information content (AvgIpc) is 3.20. The Kier molecular flexibility index (Phi) is 5.31. The van der Waals surface area contributed by atoms with Crippen LogP contribution in [0, 0.1) is 0 Å². The topological polar surface area (TPSA) is 42.3 Å². The highest BCUT2D eigenvalue weighted by Crippen LogP contribution is 2.23. The minimum absolute atomic E-state index is 0.786. The Hall–Kier alpha value is -1.85. The van der Waals surface area contributed by atoms with E-state index in [2.05, 4.69) is 33.5 Å². The van der Waals surface area contributed by atoms with Gasteiger partial charge in [0, 0.05) is 38.4 Å². The Bertz CT molecular complexity index is 632. The van der Waals surface area contributed by atoms with Crippen LogP contribution in [0.1, 0.15) is 29.7 Å². The van der Waals surface area contributed by atoms with E-state index >= 15 is 0 Å². The number of nitrogens with one attached hydrogen (secondary N) is 1. The van der Waals surface area contributed by atoms with Crippen LogP contribution < -0.4 is 10.1 Å². The molecule has 5 nitrogen and oxygen atoms in total. The van der Waals surface area contributed by atoms with E-state index in [1.807, 2.05) is 24.0 Å². The van der Waals surface area contributed by atoms with E-state index < -0.39 is 0 Å². The molecule has 1 saturated heterocycles. The molecule has 1 aromatic carbocycles. The van der Waals surface area contributed by atoms with E-state index in [4.69, 9.17) is 4.74 Å². The minimum atomic E-state index is 0.786. The molecular weight excluding hydrogens is 288 g/mol. The number of aryl methyl sites for hydroxylation is 1. The Morgan fingerprint density at radius 1 is 1.17 bits per heavy atom. The first-order valence-corrected chi connectivity index (χ1v) is 8.32. The van der Waals surface area contributed by atoms with Crippen molar-refractivity contribution in [1.29, 1.82) is 0 Å². The highest BCUT2D eigenvalue weighted by Gasteiger charge is 2.14. The molecule has 0 unspecified atom stereocenters. The molecular formula is C18H26N4O. The predicted octanol–water partition coefficient (Wildman–Crippen LogP) is 2.31. The Balaban J connectivity index is 1.60. The molecule has 0 amide bonds. The summed E-state index contributed by atoms with van der Waals surface area (Å²) in [6.07, 6.45) is 4.60. The molecule has 124 valence electrons. The van der Waals surface area contributed by atoms with Crippen LogP contribution in [0.2, 0.25) is 0 Å². The molecule has 1 N–H and O–H groups in total. The molecule has 5 heteroatoms. The number of likely N-dealkylation sites (tertiary alicyclic amines) is 1. The lowest BCUT2D eigenvalue weighted by atomic mass is 10.1. The zero-order valence-corrected chi connectivity index (χ0v) is 14.1. The smallest absolute Gasteiger partial charge is 0.123 e. The van der Waals surface area contributed by atoms with Crippen LogP contribution in [0.5, 0.6) is 5.75 Å². The number of benzene rings is 1. The molecule has 3 rings (SSSR count). The van der Waals surface area contributed by atoms with Crippen LogP contribution in [-0.2, 0) is 26.7 Å². The van der Waals surface area contributed by atoms with Gasteiger partial charge in [0.2, 0.25) is 0 Å². The summed E-state index contributed by atoms with van der Waals surface area (Å²) < 4.78 is 7.36. The summed E-state index contributed by atoms with van der Waals surface area (Å²) >= 11 is 0. The van der Waals surface area contributed by atoms with Crippen molar-refractivity contribution < 1.29 is 4.74 Å². The van der Waals surface area contributed by atoms with Gasteiger partial charge in [-0.25, -0.2) is 0 Å². The summed E-state index contributed by atoms with van der Waals surface area (Å²) in [5, 5.41) is 7.84. The number of nitrogens with zero attached hydrogens (tertiary/aromatic N) is 3. The van der Waals surface area contributed by atoms with Crippen molar-refractivity contribution in [3.05, 3.63) is 47.3 Å². The van der Waals surface area contributed by atoms with E-state index in [0.29, 0.717) is 0 Å². The zero-order valence-electron chi connectivity index (χ0n) is 14.1. The van der Waals surface area contributed by atoms with Crippen molar-refractivity contribution in [1.82, 2.24) is 20.0 Å². The molecule has 0 aliphatic carbocycles. The van der Waals surface area contributed by atoms with Gasteiger partial charge in [-0.05, 0) is 49.7 Å². The van der Waals surface area contributed by atoms with Crippen molar-refractivity contribution >= 4 is 0 Å². The molecule has 1 fully saturated rings. The molecule has 0 bridgehead atoms. The van der Waals surface area contributed by atoms with Crippen LogP contribution in [0.3, 0.4) is 0 Å². The van der Waals surface area contributed by atoms with Gasteiger partial charge in [0.15, 0.2) is 0 Å². The van der Waals surface area contributed by atoms with Gasteiger partial charge in [-0.15, -0.1) is 0 Å². The Morgan fingerprint density at radius 3 is 2.70 bits per heavy atom. The second kappa shape index (κ2) is 7.62. The molecule has 2 heterocycles. The fourth-order valence-corrected chi connectivity index (χ4v) is 3.14. The van der Waals surface area contributed by atoms with E-state index in [1.165, 1.54) is 37.1 Å². The highest BCUT2D eigenvalue weighted by molar-refractivity contribution is 5.37. The third kappa shape index (κ3) is 4.33. The summed E-state index contributed by atoms with van der Waals surface area (Å²) in [6.45, 7) is 5.01. The van der Waals surface area contributed by atoms with Gasteiger partial charge < -0.3 is 10.1 Å². The Morgan fingerprint density at radius 2 is 2.00 bits per heavy atom. The normalized spacial score (nSPS) is 15.2. The largest absolute Gasteiger partial charge is 0.496 e. The zero-order chi connectivity index (χ0) is 16.1. The number of ether oxygens (including phenoxy) is 1. The number of hydrogen-bond acceptors (Lipinski definition) is 4. The van der Waals surface area contributed by atoms with Crippen molar-refractivity contribution in [3.63, 3.8) is 0 Å². The molecule has 0 spiro atoms. The van der Waals surface area contributed by atoms with Gasteiger partial charge in [0.1, 0.15) is 5.75 Å². The van der Waals surface area contributed by atoms with Crippen LogP contribution in [-0.4, -0.2) is 34.9 Å². The summed E-state index contributed by atoms with van der Waals surface area (Å²) in [4.78, 5) is 2.50. The van der Waals surface area contributed by atoms with Gasteiger partial charge >= 0.3 is 0 Å². The van der Waals surface area contributed by atoms with Gasteiger partial charge in [-0.2, -0.15) is 5.10 Å². The molecule has 0 atom stereocenters. The third-order valence-electron chi connectivity index (χ3n) is 4.34. The lowest BCUT2D eigenvalue weighted by Gasteiger charge is -2.18. The molecule has 1 aliphatic heterocycles. The quantitative estimate of drug-likeness (QED) is 0.852.